The molecule has 0 bridgehead atoms. The van der Waals surface area contributed by atoms with Crippen molar-refractivity contribution in [3.8, 4) is 11.5 Å². The number of anilines is 2. The predicted octanol–water partition coefficient (Wildman–Crippen LogP) is 3.84. The Morgan fingerprint density at radius 1 is 1.08 bits per heavy atom. The van der Waals surface area contributed by atoms with Gasteiger partial charge in [-0.25, -0.2) is 0 Å². The number of amides is 1. The van der Waals surface area contributed by atoms with Gasteiger partial charge < -0.3 is 14.6 Å². The molecular weight excluding hydrogens is 348 g/mol. The highest BCUT2D eigenvalue weighted by molar-refractivity contribution is 7.99. The van der Waals surface area contributed by atoms with Crippen LogP contribution in [-0.4, -0.2) is 36.0 Å². The lowest BCUT2D eigenvalue weighted by Gasteiger charge is -2.12. The molecule has 0 radical (unpaired) electrons. The normalized spacial score (nSPS) is 10.6. The molecule has 3 aromatic rings. The molecule has 0 aliphatic carbocycles. The molecule has 0 unspecified atom stereocenters. The zero-order valence-electron chi connectivity index (χ0n) is 14.9. The zero-order valence-corrected chi connectivity index (χ0v) is 15.7. The van der Waals surface area contributed by atoms with Crippen LogP contribution in [0.5, 0.6) is 0 Å². The molecule has 1 amide bonds. The van der Waals surface area contributed by atoms with E-state index >= 15 is 0 Å². The van der Waals surface area contributed by atoms with Crippen LogP contribution in [-0.2, 0) is 4.79 Å². The number of carbonyl (C=O) groups excluding carboxylic acids is 1. The van der Waals surface area contributed by atoms with E-state index in [9.17, 15) is 4.79 Å². The summed E-state index contributed by atoms with van der Waals surface area (Å²) >= 11 is 1.21. The average Bonchev–Trinajstić information content (AvgIpc) is 3.10. The summed E-state index contributed by atoms with van der Waals surface area (Å²) in [7, 11) is 3.94. The Morgan fingerprint density at radius 2 is 1.77 bits per heavy atom. The van der Waals surface area contributed by atoms with Gasteiger partial charge in [-0.2, -0.15) is 0 Å². The molecule has 0 atom stereocenters. The third-order valence-electron chi connectivity index (χ3n) is 3.70. The van der Waals surface area contributed by atoms with Gasteiger partial charge in [0.15, 0.2) is 0 Å². The SMILES string of the molecule is Cc1ccc(-c2nnc(SCC(=O)Nc3ccc(N(C)C)cc3)o2)cc1. The number of aryl methyl sites for hydroxylation is 1. The maximum absolute atomic E-state index is 12.1. The second-order valence-electron chi connectivity index (χ2n) is 6.02. The number of thioether (sulfide) groups is 1. The second kappa shape index (κ2) is 8.05. The van der Waals surface area contributed by atoms with Crippen LogP contribution in [0, 0.1) is 6.92 Å². The van der Waals surface area contributed by atoms with Crippen molar-refractivity contribution in [2.24, 2.45) is 0 Å². The second-order valence-corrected chi connectivity index (χ2v) is 6.94. The molecule has 1 heterocycles. The maximum Gasteiger partial charge on any atom is 0.277 e. The summed E-state index contributed by atoms with van der Waals surface area (Å²) in [4.78, 5) is 14.1. The molecular formula is C19H20N4O2S. The molecule has 1 N–H and O–H groups in total. The summed E-state index contributed by atoms with van der Waals surface area (Å²) in [6.07, 6.45) is 0. The lowest BCUT2D eigenvalue weighted by atomic mass is 10.1. The average molecular weight is 368 g/mol. The largest absolute Gasteiger partial charge is 0.411 e. The predicted molar refractivity (Wildman–Crippen MR) is 105 cm³/mol. The van der Waals surface area contributed by atoms with Crippen molar-refractivity contribution in [1.29, 1.82) is 0 Å². The minimum Gasteiger partial charge on any atom is -0.411 e. The molecule has 26 heavy (non-hydrogen) atoms. The topological polar surface area (TPSA) is 71.3 Å². The van der Waals surface area contributed by atoms with Crippen molar-refractivity contribution in [1.82, 2.24) is 10.2 Å². The van der Waals surface area contributed by atoms with Gasteiger partial charge >= 0.3 is 0 Å². The summed E-state index contributed by atoms with van der Waals surface area (Å²) in [6, 6.07) is 15.5. The van der Waals surface area contributed by atoms with Crippen LogP contribution in [0.1, 0.15) is 5.56 Å². The van der Waals surface area contributed by atoms with E-state index in [1.165, 1.54) is 11.8 Å². The molecule has 0 aliphatic rings. The molecule has 1 aromatic heterocycles. The van der Waals surface area contributed by atoms with Crippen molar-refractivity contribution >= 4 is 29.0 Å². The number of hydrogen-bond acceptors (Lipinski definition) is 6. The molecule has 0 aliphatic heterocycles. The Morgan fingerprint density at radius 3 is 2.42 bits per heavy atom. The number of rotatable bonds is 6. The van der Waals surface area contributed by atoms with Gasteiger partial charge in [0.1, 0.15) is 0 Å². The lowest BCUT2D eigenvalue weighted by molar-refractivity contribution is -0.113. The first-order chi connectivity index (χ1) is 12.5. The van der Waals surface area contributed by atoms with Gasteiger partial charge in [0, 0.05) is 31.0 Å². The summed E-state index contributed by atoms with van der Waals surface area (Å²) in [5.41, 5.74) is 3.86. The molecule has 0 saturated heterocycles. The highest BCUT2D eigenvalue weighted by Crippen LogP contribution is 2.23. The summed E-state index contributed by atoms with van der Waals surface area (Å²) in [5, 5.41) is 11.2. The fourth-order valence-electron chi connectivity index (χ4n) is 2.25. The van der Waals surface area contributed by atoms with Crippen LogP contribution in [0.2, 0.25) is 0 Å². The molecule has 3 rings (SSSR count). The van der Waals surface area contributed by atoms with E-state index in [0.29, 0.717) is 11.1 Å². The van der Waals surface area contributed by atoms with Gasteiger partial charge in [0.05, 0.1) is 5.75 Å². The fraction of sp³-hybridized carbons (Fsp3) is 0.211. The number of nitrogens with zero attached hydrogens (tertiary/aromatic N) is 3. The Kier molecular flexibility index (Phi) is 5.58. The maximum atomic E-state index is 12.1. The molecule has 0 saturated carbocycles. The van der Waals surface area contributed by atoms with Crippen molar-refractivity contribution < 1.29 is 9.21 Å². The quantitative estimate of drug-likeness (QED) is 0.667. The molecule has 0 fully saturated rings. The van der Waals surface area contributed by atoms with E-state index in [4.69, 9.17) is 4.42 Å². The van der Waals surface area contributed by atoms with Crippen LogP contribution in [0.4, 0.5) is 11.4 Å². The number of aromatic nitrogens is 2. The minimum atomic E-state index is -0.123. The van der Waals surface area contributed by atoms with Crippen molar-refractivity contribution in [3.63, 3.8) is 0 Å². The third kappa shape index (κ3) is 4.64. The van der Waals surface area contributed by atoms with E-state index in [1.807, 2.05) is 74.4 Å². The number of carbonyl (C=O) groups is 1. The van der Waals surface area contributed by atoms with Crippen LogP contribution in [0.25, 0.3) is 11.5 Å². The van der Waals surface area contributed by atoms with E-state index in [1.54, 1.807) is 0 Å². The van der Waals surface area contributed by atoms with E-state index < -0.39 is 0 Å². The van der Waals surface area contributed by atoms with Crippen LogP contribution in [0.3, 0.4) is 0 Å². The summed E-state index contributed by atoms with van der Waals surface area (Å²) in [5.74, 6) is 0.528. The van der Waals surface area contributed by atoms with Crippen LogP contribution < -0.4 is 10.2 Å². The standard InChI is InChI=1S/C19H20N4O2S/c1-13-4-6-14(7-5-13)18-21-22-19(25-18)26-12-17(24)20-15-8-10-16(11-9-15)23(2)3/h4-11H,12H2,1-3H3,(H,20,24). The summed E-state index contributed by atoms with van der Waals surface area (Å²) in [6.45, 7) is 2.02. The van der Waals surface area contributed by atoms with Gasteiger partial charge in [-0.05, 0) is 43.3 Å². The van der Waals surface area contributed by atoms with Crippen molar-refractivity contribution in [3.05, 3.63) is 54.1 Å². The highest BCUT2D eigenvalue weighted by atomic mass is 32.2. The highest BCUT2D eigenvalue weighted by Gasteiger charge is 2.11. The number of benzene rings is 2. The van der Waals surface area contributed by atoms with E-state index in [-0.39, 0.29) is 11.7 Å². The third-order valence-corrected chi connectivity index (χ3v) is 4.52. The van der Waals surface area contributed by atoms with E-state index in [2.05, 4.69) is 15.5 Å². The number of hydrogen-bond donors (Lipinski definition) is 1. The van der Waals surface area contributed by atoms with Gasteiger partial charge in [0.25, 0.3) is 5.22 Å². The van der Waals surface area contributed by atoms with Crippen LogP contribution in [0.15, 0.2) is 58.2 Å². The van der Waals surface area contributed by atoms with E-state index in [0.717, 1.165) is 22.5 Å². The fourth-order valence-corrected chi connectivity index (χ4v) is 2.81. The monoisotopic (exact) mass is 368 g/mol. The molecule has 7 heteroatoms. The van der Waals surface area contributed by atoms with Gasteiger partial charge in [-0.1, -0.05) is 29.5 Å². The molecule has 6 nitrogen and oxygen atoms in total. The van der Waals surface area contributed by atoms with Gasteiger partial charge in [0.2, 0.25) is 11.8 Å². The van der Waals surface area contributed by atoms with Gasteiger partial charge in [-0.3, -0.25) is 4.79 Å². The Hall–Kier alpha value is -2.80. The Labute approximate surface area is 156 Å². The zero-order chi connectivity index (χ0) is 18.5. The molecule has 2 aromatic carbocycles. The molecule has 134 valence electrons. The summed E-state index contributed by atoms with van der Waals surface area (Å²) < 4.78 is 5.61. The Bertz CT molecular complexity index is 873. The van der Waals surface area contributed by atoms with Crippen LogP contribution >= 0.6 is 11.8 Å². The minimum absolute atomic E-state index is 0.123. The Balaban J connectivity index is 1.54. The molecule has 0 spiro atoms. The first-order valence-electron chi connectivity index (χ1n) is 8.12. The first kappa shape index (κ1) is 18.0. The number of nitrogens with one attached hydrogen (secondary N) is 1. The van der Waals surface area contributed by atoms with Crippen molar-refractivity contribution in [2.45, 2.75) is 12.1 Å². The van der Waals surface area contributed by atoms with Gasteiger partial charge in [-0.15, -0.1) is 10.2 Å². The lowest BCUT2D eigenvalue weighted by Crippen LogP contribution is -2.14. The van der Waals surface area contributed by atoms with Crippen molar-refractivity contribution in [2.75, 3.05) is 30.1 Å². The first-order valence-corrected chi connectivity index (χ1v) is 9.10. The smallest absolute Gasteiger partial charge is 0.277 e.